The minimum Gasteiger partial charge on any atom is -0.485 e. The molecule has 2 aromatic heterocycles. The number of anilines is 1. The van der Waals surface area contributed by atoms with Crippen molar-refractivity contribution < 1.29 is 14.3 Å². The van der Waals surface area contributed by atoms with Crippen LogP contribution in [0.15, 0.2) is 42.6 Å². The normalized spacial score (nSPS) is 19.2. The first-order valence-electron chi connectivity index (χ1n) is 8.82. The molecule has 7 heteroatoms. The summed E-state index contributed by atoms with van der Waals surface area (Å²) in [5.74, 6) is 2.39. The highest BCUT2D eigenvalue weighted by molar-refractivity contribution is 5.97. The molecule has 5 rings (SSSR count). The SMILES string of the molecule is O=C(Nc1cccn2c(C3CCC3)nnc12)[C@H]1COc2ccccc2O1. The van der Waals surface area contributed by atoms with E-state index in [-0.39, 0.29) is 12.5 Å². The van der Waals surface area contributed by atoms with Crippen LogP contribution >= 0.6 is 0 Å². The van der Waals surface area contributed by atoms with Crippen molar-refractivity contribution in [1.29, 1.82) is 0 Å². The number of hydrogen-bond acceptors (Lipinski definition) is 5. The Hall–Kier alpha value is -3.09. The van der Waals surface area contributed by atoms with Gasteiger partial charge >= 0.3 is 0 Å². The van der Waals surface area contributed by atoms with E-state index in [2.05, 4.69) is 15.5 Å². The van der Waals surface area contributed by atoms with Crippen LogP contribution in [0.4, 0.5) is 5.69 Å². The van der Waals surface area contributed by atoms with E-state index >= 15 is 0 Å². The van der Waals surface area contributed by atoms with Crippen molar-refractivity contribution in [3.8, 4) is 11.5 Å². The van der Waals surface area contributed by atoms with Gasteiger partial charge in [0.1, 0.15) is 12.4 Å². The third-order valence-electron chi connectivity index (χ3n) is 4.99. The third kappa shape index (κ3) is 2.47. The number of carbonyl (C=O) groups excluding carboxylic acids is 1. The maximum Gasteiger partial charge on any atom is 0.269 e. The van der Waals surface area contributed by atoms with Gasteiger partial charge in [-0.2, -0.15) is 0 Å². The van der Waals surface area contributed by atoms with Crippen LogP contribution < -0.4 is 14.8 Å². The molecule has 1 fully saturated rings. The van der Waals surface area contributed by atoms with E-state index in [1.54, 1.807) is 6.07 Å². The molecule has 2 aliphatic rings. The van der Waals surface area contributed by atoms with Gasteiger partial charge < -0.3 is 14.8 Å². The monoisotopic (exact) mass is 350 g/mol. The summed E-state index contributed by atoms with van der Waals surface area (Å²) < 4.78 is 13.4. The highest BCUT2D eigenvalue weighted by Gasteiger charge is 2.29. The molecule has 7 nitrogen and oxygen atoms in total. The number of carbonyl (C=O) groups is 1. The standard InChI is InChI=1S/C19H18N4O3/c24-19(16-11-25-14-8-1-2-9-15(14)26-16)20-13-7-4-10-23-17(12-5-3-6-12)21-22-18(13)23/h1-2,4,7-10,12,16H,3,5-6,11H2,(H,20,24)/t16-/m1/s1. The smallest absolute Gasteiger partial charge is 0.269 e. The van der Waals surface area contributed by atoms with Crippen LogP contribution in [-0.2, 0) is 4.79 Å². The second-order valence-corrected chi connectivity index (χ2v) is 6.65. The largest absolute Gasteiger partial charge is 0.485 e. The van der Waals surface area contributed by atoms with E-state index < -0.39 is 6.10 Å². The zero-order valence-corrected chi connectivity index (χ0v) is 14.1. The van der Waals surface area contributed by atoms with Crippen LogP contribution in [0.2, 0.25) is 0 Å². The molecular weight excluding hydrogens is 332 g/mol. The van der Waals surface area contributed by atoms with Crippen molar-refractivity contribution in [2.45, 2.75) is 31.3 Å². The number of pyridine rings is 1. The van der Waals surface area contributed by atoms with E-state index in [9.17, 15) is 4.79 Å². The average Bonchev–Trinajstić information content (AvgIpc) is 3.05. The van der Waals surface area contributed by atoms with E-state index in [1.165, 1.54) is 6.42 Å². The number of rotatable bonds is 3. The summed E-state index contributed by atoms with van der Waals surface area (Å²) in [4.78, 5) is 12.7. The first-order valence-corrected chi connectivity index (χ1v) is 8.82. The van der Waals surface area contributed by atoms with E-state index in [0.29, 0.717) is 28.8 Å². The minimum absolute atomic E-state index is 0.173. The van der Waals surface area contributed by atoms with Crippen molar-refractivity contribution in [3.63, 3.8) is 0 Å². The Morgan fingerprint density at radius 1 is 1.12 bits per heavy atom. The van der Waals surface area contributed by atoms with Gasteiger partial charge in [0, 0.05) is 12.1 Å². The molecule has 1 atom stereocenters. The Labute approximate surface area is 149 Å². The van der Waals surface area contributed by atoms with Crippen LogP contribution in [0, 0.1) is 0 Å². The second-order valence-electron chi connectivity index (χ2n) is 6.65. The molecule has 0 saturated heterocycles. The van der Waals surface area contributed by atoms with Crippen LogP contribution in [0.3, 0.4) is 0 Å². The third-order valence-corrected chi connectivity index (χ3v) is 4.99. The van der Waals surface area contributed by atoms with Gasteiger partial charge in [0.05, 0.1) is 5.69 Å². The van der Waals surface area contributed by atoms with E-state index in [0.717, 1.165) is 18.7 Å². The van der Waals surface area contributed by atoms with Gasteiger partial charge in [-0.3, -0.25) is 9.20 Å². The van der Waals surface area contributed by atoms with Crippen LogP contribution in [0.1, 0.15) is 31.0 Å². The van der Waals surface area contributed by atoms with Gasteiger partial charge in [-0.1, -0.05) is 18.6 Å². The number of hydrogen-bond donors (Lipinski definition) is 1. The number of ether oxygens (including phenoxy) is 2. The molecule has 3 aromatic rings. The fourth-order valence-corrected chi connectivity index (χ4v) is 3.34. The predicted octanol–water partition coefficient (Wildman–Crippen LogP) is 2.78. The first-order chi connectivity index (χ1) is 12.8. The summed E-state index contributed by atoms with van der Waals surface area (Å²) in [6.45, 7) is 0.173. The molecule has 0 bridgehead atoms. The molecule has 0 spiro atoms. The molecule has 0 radical (unpaired) electrons. The van der Waals surface area contributed by atoms with Gasteiger partial charge in [-0.15, -0.1) is 10.2 Å². The fourth-order valence-electron chi connectivity index (χ4n) is 3.34. The summed E-state index contributed by atoms with van der Waals surface area (Å²) in [6.07, 6.45) is 4.75. The molecule has 1 N–H and O–H groups in total. The van der Waals surface area contributed by atoms with Crippen molar-refractivity contribution in [1.82, 2.24) is 14.6 Å². The average molecular weight is 350 g/mol. The quantitative estimate of drug-likeness (QED) is 0.786. The molecule has 1 aliphatic carbocycles. The molecule has 1 aromatic carbocycles. The van der Waals surface area contributed by atoms with Crippen LogP contribution in [0.25, 0.3) is 5.65 Å². The Morgan fingerprint density at radius 2 is 1.96 bits per heavy atom. The van der Waals surface area contributed by atoms with Crippen molar-refractivity contribution in [3.05, 3.63) is 48.4 Å². The Balaban J connectivity index is 1.38. The molecule has 26 heavy (non-hydrogen) atoms. The second kappa shape index (κ2) is 6.01. The number of nitrogens with one attached hydrogen (secondary N) is 1. The summed E-state index contributed by atoms with van der Waals surface area (Å²) in [6, 6.07) is 11.0. The number of para-hydroxylation sites is 2. The Kier molecular flexibility index (Phi) is 3.51. The highest BCUT2D eigenvalue weighted by atomic mass is 16.6. The fraction of sp³-hybridized carbons (Fsp3) is 0.316. The maximum absolute atomic E-state index is 12.7. The predicted molar refractivity (Wildman–Crippen MR) is 94.6 cm³/mol. The van der Waals surface area contributed by atoms with Crippen molar-refractivity contribution in [2.75, 3.05) is 11.9 Å². The summed E-state index contributed by atoms with van der Waals surface area (Å²) in [5.41, 5.74) is 1.28. The summed E-state index contributed by atoms with van der Waals surface area (Å²) in [7, 11) is 0. The molecular formula is C19H18N4O3. The van der Waals surface area contributed by atoms with Crippen molar-refractivity contribution >= 4 is 17.2 Å². The van der Waals surface area contributed by atoms with Gasteiger partial charge in [0.2, 0.25) is 6.10 Å². The summed E-state index contributed by atoms with van der Waals surface area (Å²) in [5, 5.41) is 11.5. The van der Waals surface area contributed by atoms with Crippen LogP contribution in [0.5, 0.6) is 11.5 Å². The molecule has 0 unspecified atom stereocenters. The van der Waals surface area contributed by atoms with Gasteiger partial charge in [0.25, 0.3) is 5.91 Å². The maximum atomic E-state index is 12.7. The minimum atomic E-state index is -0.709. The lowest BCUT2D eigenvalue weighted by molar-refractivity contribution is -0.125. The van der Waals surface area contributed by atoms with E-state index in [4.69, 9.17) is 9.47 Å². The number of aromatic nitrogens is 3. The topological polar surface area (TPSA) is 77.8 Å². The Morgan fingerprint density at radius 3 is 2.77 bits per heavy atom. The lowest BCUT2D eigenvalue weighted by Gasteiger charge is -2.25. The molecule has 1 amide bonds. The molecule has 1 saturated carbocycles. The molecule has 3 heterocycles. The molecule has 1 aliphatic heterocycles. The highest BCUT2D eigenvalue weighted by Crippen LogP contribution is 2.36. The number of fused-ring (bicyclic) bond motifs is 2. The molecule has 132 valence electrons. The number of nitrogens with zero attached hydrogens (tertiary/aromatic N) is 3. The number of benzene rings is 1. The van der Waals surface area contributed by atoms with Gasteiger partial charge in [0.15, 0.2) is 17.1 Å². The lowest BCUT2D eigenvalue weighted by atomic mass is 9.85. The zero-order chi connectivity index (χ0) is 17.5. The van der Waals surface area contributed by atoms with Crippen LogP contribution in [-0.4, -0.2) is 33.2 Å². The Bertz CT molecular complexity index is 980. The van der Waals surface area contributed by atoms with Gasteiger partial charge in [-0.25, -0.2) is 0 Å². The van der Waals surface area contributed by atoms with E-state index in [1.807, 2.05) is 40.9 Å². The first kappa shape index (κ1) is 15.2. The lowest BCUT2D eigenvalue weighted by Crippen LogP contribution is -2.40. The van der Waals surface area contributed by atoms with Gasteiger partial charge in [-0.05, 0) is 37.1 Å². The zero-order valence-electron chi connectivity index (χ0n) is 14.1. The summed E-state index contributed by atoms with van der Waals surface area (Å²) >= 11 is 0. The number of amides is 1. The van der Waals surface area contributed by atoms with Crippen molar-refractivity contribution in [2.24, 2.45) is 0 Å².